The maximum Gasteiger partial charge on any atom is 0.162 e. The van der Waals surface area contributed by atoms with Gasteiger partial charge in [0.05, 0.1) is 13.2 Å². The second-order valence-electron chi connectivity index (χ2n) is 4.83. The molecule has 2 rings (SSSR count). The number of fused-ring (bicyclic) bond motifs is 1. The molecule has 4 heteroatoms. The van der Waals surface area contributed by atoms with Gasteiger partial charge in [-0.2, -0.15) is 0 Å². The van der Waals surface area contributed by atoms with E-state index in [0.29, 0.717) is 11.3 Å². The lowest BCUT2D eigenvalue weighted by atomic mass is 10.2. The normalized spacial score (nSPS) is 17.6. The number of hydrogen-bond acceptors (Lipinski definition) is 4. The first-order valence-electron chi connectivity index (χ1n) is 7.00. The third-order valence-corrected chi connectivity index (χ3v) is 4.58. The molecule has 1 aromatic rings. The van der Waals surface area contributed by atoms with E-state index in [2.05, 4.69) is 38.2 Å². The zero-order chi connectivity index (χ0) is 13.7. The molecule has 1 aliphatic rings. The summed E-state index contributed by atoms with van der Waals surface area (Å²) >= 11 is 1.87. The Morgan fingerprint density at radius 1 is 1.21 bits per heavy atom. The van der Waals surface area contributed by atoms with Gasteiger partial charge in [0.1, 0.15) is 0 Å². The van der Waals surface area contributed by atoms with Crippen molar-refractivity contribution in [3.8, 4) is 11.5 Å². The lowest BCUT2D eigenvalue weighted by Gasteiger charge is -2.20. The molecular formula is C15H23NO2S. The molecule has 2 atom stereocenters. The van der Waals surface area contributed by atoms with Crippen LogP contribution < -0.4 is 14.8 Å². The fraction of sp³-hybridized carbons (Fsp3) is 0.600. The highest BCUT2D eigenvalue weighted by atomic mass is 32.2. The maximum atomic E-state index is 5.72. The van der Waals surface area contributed by atoms with E-state index >= 15 is 0 Å². The Bertz CT molecular complexity index is 411. The average Bonchev–Trinajstić information content (AvgIpc) is 2.63. The second-order valence-corrected chi connectivity index (χ2v) is 6.28. The highest BCUT2D eigenvalue weighted by Crippen LogP contribution is 2.35. The topological polar surface area (TPSA) is 30.5 Å². The monoisotopic (exact) mass is 281 g/mol. The van der Waals surface area contributed by atoms with Crippen molar-refractivity contribution in [3.05, 3.63) is 18.2 Å². The van der Waals surface area contributed by atoms with Crippen LogP contribution in [0.15, 0.2) is 23.1 Å². The van der Waals surface area contributed by atoms with E-state index in [1.807, 2.05) is 17.8 Å². The average molecular weight is 281 g/mol. The predicted octanol–water partition coefficient (Wildman–Crippen LogP) is 3.33. The van der Waals surface area contributed by atoms with Crippen LogP contribution in [0.1, 0.15) is 27.2 Å². The SMILES string of the molecule is CCNC(C)C(C)Sc1ccc2c(c1)OCCCO2. The number of ether oxygens (including phenoxy) is 2. The molecule has 19 heavy (non-hydrogen) atoms. The Kier molecular flexibility index (Phi) is 5.40. The van der Waals surface area contributed by atoms with Crippen molar-refractivity contribution in [1.29, 1.82) is 0 Å². The Hall–Kier alpha value is -0.870. The van der Waals surface area contributed by atoms with Crippen LogP contribution in [-0.2, 0) is 0 Å². The number of benzene rings is 1. The molecule has 0 bridgehead atoms. The number of rotatable bonds is 5. The first-order chi connectivity index (χ1) is 9.20. The molecule has 1 aromatic carbocycles. The minimum atomic E-state index is 0.492. The first-order valence-corrected chi connectivity index (χ1v) is 7.88. The molecule has 106 valence electrons. The quantitative estimate of drug-likeness (QED) is 0.839. The molecular weight excluding hydrogens is 258 g/mol. The Balaban J connectivity index is 2.03. The predicted molar refractivity (Wildman–Crippen MR) is 80.5 cm³/mol. The highest BCUT2D eigenvalue weighted by Gasteiger charge is 2.15. The molecule has 2 unspecified atom stereocenters. The van der Waals surface area contributed by atoms with Gasteiger partial charge in [-0.05, 0) is 31.7 Å². The fourth-order valence-corrected chi connectivity index (χ4v) is 3.07. The van der Waals surface area contributed by atoms with Gasteiger partial charge in [0, 0.05) is 22.6 Å². The van der Waals surface area contributed by atoms with Crippen LogP contribution in [0.5, 0.6) is 11.5 Å². The van der Waals surface area contributed by atoms with Gasteiger partial charge in [0.2, 0.25) is 0 Å². The number of hydrogen-bond donors (Lipinski definition) is 1. The van der Waals surface area contributed by atoms with Gasteiger partial charge in [0.15, 0.2) is 11.5 Å². The van der Waals surface area contributed by atoms with Crippen molar-refractivity contribution in [2.24, 2.45) is 0 Å². The molecule has 0 saturated carbocycles. The number of nitrogens with one attached hydrogen (secondary N) is 1. The van der Waals surface area contributed by atoms with Crippen molar-refractivity contribution in [2.45, 2.75) is 43.4 Å². The highest BCUT2D eigenvalue weighted by molar-refractivity contribution is 8.00. The summed E-state index contributed by atoms with van der Waals surface area (Å²) in [4.78, 5) is 1.24. The summed E-state index contributed by atoms with van der Waals surface area (Å²) in [5, 5.41) is 3.98. The van der Waals surface area contributed by atoms with Gasteiger partial charge in [-0.3, -0.25) is 0 Å². The van der Waals surface area contributed by atoms with Gasteiger partial charge >= 0.3 is 0 Å². The molecule has 0 radical (unpaired) electrons. The molecule has 0 spiro atoms. The minimum Gasteiger partial charge on any atom is -0.490 e. The summed E-state index contributed by atoms with van der Waals surface area (Å²) in [5.74, 6) is 1.75. The third-order valence-electron chi connectivity index (χ3n) is 3.27. The van der Waals surface area contributed by atoms with E-state index in [-0.39, 0.29) is 0 Å². The minimum absolute atomic E-state index is 0.492. The summed E-state index contributed by atoms with van der Waals surface area (Å²) in [6.07, 6.45) is 0.949. The first kappa shape index (κ1) is 14.5. The van der Waals surface area contributed by atoms with Crippen LogP contribution in [-0.4, -0.2) is 31.1 Å². The molecule has 0 saturated heterocycles. The van der Waals surface area contributed by atoms with Crippen LogP contribution in [0.4, 0.5) is 0 Å². The maximum absolute atomic E-state index is 5.72. The van der Waals surface area contributed by atoms with Gasteiger partial charge in [-0.15, -0.1) is 11.8 Å². The summed E-state index contributed by atoms with van der Waals surface area (Å²) in [7, 11) is 0. The van der Waals surface area contributed by atoms with Gasteiger partial charge in [-0.1, -0.05) is 13.8 Å². The third kappa shape index (κ3) is 4.05. The standard InChI is InChI=1S/C15H23NO2S/c1-4-16-11(2)12(3)19-13-6-7-14-15(10-13)18-9-5-8-17-14/h6-7,10-12,16H,4-5,8-9H2,1-3H3. The van der Waals surface area contributed by atoms with Crippen molar-refractivity contribution >= 4 is 11.8 Å². The van der Waals surface area contributed by atoms with Crippen LogP contribution in [0.2, 0.25) is 0 Å². The second kappa shape index (κ2) is 7.06. The molecule has 1 N–H and O–H groups in total. The molecule has 0 aromatic heterocycles. The molecule has 1 aliphatic heterocycles. The Morgan fingerprint density at radius 2 is 1.95 bits per heavy atom. The largest absolute Gasteiger partial charge is 0.490 e. The van der Waals surface area contributed by atoms with Crippen LogP contribution in [0.3, 0.4) is 0 Å². The van der Waals surface area contributed by atoms with Gasteiger partial charge in [0.25, 0.3) is 0 Å². The zero-order valence-corrected chi connectivity index (χ0v) is 12.8. The zero-order valence-electron chi connectivity index (χ0n) is 11.9. The Labute approximate surface area is 120 Å². The summed E-state index contributed by atoms with van der Waals surface area (Å²) < 4.78 is 11.4. The summed E-state index contributed by atoms with van der Waals surface area (Å²) in [6, 6.07) is 6.73. The number of thioether (sulfide) groups is 1. The molecule has 0 amide bonds. The van der Waals surface area contributed by atoms with Crippen LogP contribution in [0, 0.1) is 0 Å². The van der Waals surface area contributed by atoms with Gasteiger partial charge in [-0.25, -0.2) is 0 Å². The van der Waals surface area contributed by atoms with E-state index in [4.69, 9.17) is 9.47 Å². The lowest BCUT2D eigenvalue weighted by molar-refractivity contribution is 0.297. The van der Waals surface area contributed by atoms with E-state index in [1.54, 1.807) is 0 Å². The van der Waals surface area contributed by atoms with Crippen molar-refractivity contribution in [1.82, 2.24) is 5.32 Å². The molecule has 0 fully saturated rings. The van der Waals surface area contributed by atoms with E-state index in [1.165, 1.54) is 4.90 Å². The molecule has 0 aliphatic carbocycles. The summed E-state index contributed by atoms with van der Waals surface area (Å²) in [6.45, 7) is 9.11. The van der Waals surface area contributed by atoms with E-state index in [0.717, 1.165) is 37.7 Å². The fourth-order valence-electron chi connectivity index (χ4n) is 2.02. The lowest BCUT2D eigenvalue weighted by Crippen LogP contribution is -2.33. The van der Waals surface area contributed by atoms with E-state index < -0.39 is 0 Å². The Morgan fingerprint density at radius 3 is 2.68 bits per heavy atom. The van der Waals surface area contributed by atoms with Crippen LogP contribution in [0.25, 0.3) is 0 Å². The summed E-state index contributed by atoms with van der Waals surface area (Å²) in [5.41, 5.74) is 0. The smallest absolute Gasteiger partial charge is 0.162 e. The van der Waals surface area contributed by atoms with Crippen molar-refractivity contribution < 1.29 is 9.47 Å². The van der Waals surface area contributed by atoms with Crippen molar-refractivity contribution in [2.75, 3.05) is 19.8 Å². The van der Waals surface area contributed by atoms with Crippen molar-refractivity contribution in [3.63, 3.8) is 0 Å². The van der Waals surface area contributed by atoms with Crippen LogP contribution >= 0.6 is 11.8 Å². The molecule has 1 heterocycles. The molecule has 3 nitrogen and oxygen atoms in total. The van der Waals surface area contributed by atoms with Gasteiger partial charge < -0.3 is 14.8 Å². The van der Waals surface area contributed by atoms with E-state index in [9.17, 15) is 0 Å².